The largest absolute Gasteiger partial charge is 0.324 e. The van der Waals surface area contributed by atoms with Crippen LogP contribution in [0.15, 0.2) is 54.9 Å². The number of hydrogen-bond donors (Lipinski definition) is 1. The summed E-state index contributed by atoms with van der Waals surface area (Å²) in [6, 6.07) is 13.3. The molecular formula is C20H22N4O3S. The van der Waals surface area contributed by atoms with Crippen molar-refractivity contribution in [1.82, 2.24) is 14.3 Å². The van der Waals surface area contributed by atoms with E-state index in [1.807, 2.05) is 60.3 Å². The highest BCUT2D eigenvalue weighted by Crippen LogP contribution is 2.27. The highest BCUT2D eigenvalue weighted by molar-refractivity contribution is 7.91. The molecule has 0 aliphatic carbocycles. The molecule has 4 rings (SSSR count). The molecule has 0 radical (unpaired) electrons. The zero-order valence-corrected chi connectivity index (χ0v) is 16.4. The number of aromatic nitrogens is 3. The lowest BCUT2D eigenvalue weighted by Gasteiger charge is -2.14. The molecule has 1 fully saturated rings. The predicted octanol–water partition coefficient (Wildman–Crippen LogP) is 2.52. The van der Waals surface area contributed by atoms with Gasteiger partial charge in [0.15, 0.2) is 9.84 Å². The van der Waals surface area contributed by atoms with E-state index in [0.29, 0.717) is 12.2 Å². The predicted molar refractivity (Wildman–Crippen MR) is 107 cm³/mol. The fourth-order valence-corrected chi connectivity index (χ4v) is 5.21. The first-order valence-corrected chi connectivity index (χ1v) is 11.0. The van der Waals surface area contributed by atoms with E-state index in [9.17, 15) is 13.2 Å². The van der Waals surface area contributed by atoms with Gasteiger partial charge in [0.2, 0.25) is 5.91 Å². The van der Waals surface area contributed by atoms with Gasteiger partial charge >= 0.3 is 0 Å². The Hall–Kier alpha value is -2.87. The van der Waals surface area contributed by atoms with Crippen molar-refractivity contribution < 1.29 is 13.2 Å². The maximum Gasteiger partial charge on any atom is 0.229 e. The minimum atomic E-state index is -3.03. The lowest BCUT2D eigenvalue weighted by molar-refractivity contribution is -0.115. The van der Waals surface area contributed by atoms with E-state index in [1.54, 1.807) is 10.7 Å². The molecule has 1 aliphatic rings. The maximum absolute atomic E-state index is 12.5. The van der Waals surface area contributed by atoms with E-state index in [1.165, 1.54) is 0 Å². The molecule has 1 amide bonds. The molecule has 2 aromatic heterocycles. The Morgan fingerprint density at radius 2 is 1.93 bits per heavy atom. The number of carbonyl (C=O) groups excluding carboxylic acids is 1. The Balaban J connectivity index is 1.44. The topological polar surface area (TPSA) is 86.0 Å². The molecule has 7 nitrogen and oxygen atoms in total. The smallest absolute Gasteiger partial charge is 0.229 e. The number of hydrogen-bond acceptors (Lipinski definition) is 4. The third-order valence-electron chi connectivity index (χ3n) is 4.88. The molecule has 1 unspecified atom stereocenters. The van der Waals surface area contributed by atoms with Gasteiger partial charge in [-0.05, 0) is 43.2 Å². The second kappa shape index (κ2) is 7.27. The molecule has 1 atom stereocenters. The van der Waals surface area contributed by atoms with Gasteiger partial charge in [-0.3, -0.25) is 4.79 Å². The van der Waals surface area contributed by atoms with Crippen molar-refractivity contribution in [3.05, 3.63) is 66.1 Å². The Kier molecular flexibility index (Phi) is 4.80. The van der Waals surface area contributed by atoms with Gasteiger partial charge in [0, 0.05) is 24.1 Å². The molecule has 1 aromatic carbocycles. The summed E-state index contributed by atoms with van der Waals surface area (Å²) >= 11 is 0. The van der Waals surface area contributed by atoms with Crippen LogP contribution in [0.3, 0.4) is 0 Å². The number of benzene rings is 1. The molecule has 146 valence electrons. The fourth-order valence-electron chi connectivity index (χ4n) is 3.52. The summed E-state index contributed by atoms with van der Waals surface area (Å²) in [7, 11) is -3.03. The number of nitrogens with zero attached hydrogens (tertiary/aromatic N) is 3. The highest BCUT2D eigenvalue weighted by atomic mass is 32.2. The van der Waals surface area contributed by atoms with Crippen LogP contribution in [-0.2, 0) is 21.1 Å². The van der Waals surface area contributed by atoms with Crippen molar-refractivity contribution in [2.45, 2.75) is 25.8 Å². The first-order chi connectivity index (χ1) is 13.4. The van der Waals surface area contributed by atoms with E-state index in [2.05, 4.69) is 10.4 Å². The molecule has 8 heteroatoms. The van der Waals surface area contributed by atoms with Crippen LogP contribution in [0.2, 0.25) is 0 Å². The molecule has 1 aliphatic heterocycles. The maximum atomic E-state index is 12.5. The molecule has 3 heterocycles. The van der Waals surface area contributed by atoms with Crippen LogP contribution in [0.5, 0.6) is 0 Å². The van der Waals surface area contributed by atoms with Gasteiger partial charge in [-0.25, -0.2) is 13.1 Å². The lowest BCUT2D eigenvalue weighted by Crippen LogP contribution is -2.20. The Morgan fingerprint density at radius 1 is 1.21 bits per heavy atom. The van der Waals surface area contributed by atoms with E-state index in [-0.39, 0.29) is 29.9 Å². The molecular weight excluding hydrogens is 376 g/mol. The van der Waals surface area contributed by atoms with Crippen molar-refractivity contribution in [2.24, 2.45) is 0 Å². The second-order valence-electron chi connectivity index (χ2n) is 7.15. The molecule has 1 N–H and O–H groups in total. The number of carbonyl (C=O) groups is 1. The lowest BCUT2D eigenvalue weighted by atomic mass is 10.1. The number of rotatable bonds is 5. The first-order valence-electron chi connectivity index (χ1n) is 9.18. The quantitative estimate of drug-likeness (QED) is 0.716. The monoisotopic (exact) mass is 398 g/mol. The molecule has 0 bridgehead atoms. The van der Waals surface area contributed by atoms with Crippen molar-refractivity contribution >= 4 is 21.6 Å². The van der Waals surface area contributed by atoms with Crippen molar-refractivity contribution in [1.29, 1.82) is 0 Å². The van der Waals surface area contributed by atoms with Gasteiger partial charge < -0.3 is 9.88 Å². The summed E-state index contributed by atoms with van der Waals surface area (Å²) in [5, 5.41) is 7.28. The molecule has 0 saturated carbocycles. The summed E-state index contributed by atoms with van der Waals surface area (Å²) < 4.78 is 27.2. The summed E-state index contributed by atoms with van der Waals surface area (Å²) in [4.78, 5) is 12.5. The average molecular weight is 398 g/mol. The van der Waals surface area contributed by atoms with Crippen molar-refractivity contribution in [3.8, 4) is 5.69 Å². The Labute approximate surface area is 163 Å². The van der Waals surface area contributed by atoms with Crippen LogP contribution in [0.1, 0.15) is 23.7 Å². The van der Waals surface area contributed by atoms with Crippen LogP contribution < -0.4 is 5.32 Å². The van der Waals surface area contributed by atoms with E-state index < -0.39 is 9.84 Å². The van der Waals surface area contributed by atoms with Crippen LogP contribution in [0.4, 0.5) is 5.82 Å². The van der Waals surface area contributed by atoms with E-state index >= 15 is 0 Å². The average Bonchev–Trinajstić information content (AvgIpc) is 3.36. The summed E-state index contributed by atoms with van der Waals surface area (Å²) in [6.45, 7) is 1.83. The van der Waals surface area contributed by atoms with Gasteiger partial charge in [-0.15, -0.1) is 0 Å². The van der Waals surface area contributed by atoms with Crippen LogP contribution in [0, 0.1) is 6.92 Å². The van der Waals surface area contributed by atoms with Crippen LogP contribution >= 0.6 is 0 Å². The molecule has 3 aromatic rings. The SMILES string of the molecule is Cc1cc(NC(=O)Cc2ccc(-n3cccc3)cc2)n(C2CCS(=O)(=O)C2)n1. The standard InChI is InChI=1S/C20H22N4O3S/c1-15-12-19(24(22-15)18-8-11-28(26,27)14-18)21-20(25)13-16-4-6-17(7-5-16)23-9-2-3-10-23/h2-7,9-10,12,18H,8,11,13-14H2,1H3,(H,21,25). The van der Waals surface area contributed by atoms with Gasteiger partial charge in [-0.1, -0.05) is 12.1 Å². The number of nitrogens with one attached hydrogen (secondary N) is 1. The number of sulfone groups is 1. The zero-order valence-electron chi connectivity index (χ0n) is 15.6. The zero-order chi connectivity index (χ0) is 19.7. The Morgan fingerprint density at radius 3 is 2.57 bits per heavy atom. The van der Waals surface area contributed by atoms with Crippen molar-refractivity contribution in [3.63, 3.8) is 0 Å². The van der Waals surface area contributed by atoms with Gasteiger partial charge in [0.1, 0.15) is 5.82 Å². The fraction of sp³-hybridized carbons (Fsp3) is 0.300. The number of aryl methyl sites for hydroxylation is 1. The second-order valence-corrected chi connectivity index (χ2v) is 9.38. The van der Waals surface area contributed by atoms with Crippen molar-refractivity contribution in [2.75, 3.05) is 16.8 Å². The molecule has 1 saturated heterocycles. The minimum absolute atomic E-state index is 0.0673. The third kappa shape index (κ3) is 4.01. The molecule has 28 heavy (non-hydrogen) atoms. The summed E-state index contributed by atoms with van der Waals surface area (Å²) in [5.41, 5.74) is 2.68. The third-order valence-corrected chi connectivity index (χ3v) is 6.63. The minimum Gasteiger partial charge on any atom is -0.324 e. The Bertz CT molecular complexity index is 1080. The van der Waals surface area contributed by atoms with Crippen LogP contribution in [-0.4, -0.2) is 40.2 Å². The first kappa shape index (κ1) is 18.5. The summed E-state index contributed by atoms with van der Waals surface area (Å²) in [5.74, 6) is 0.625. The van der Waals surface area contributed by atoms with Gasteiger partial charge in [0.25, 0.3) is 0 Å². The highest BCUT2D eigenvalue weighted by Gasteiger charge is 2.31. The van der Waals surface area contributed by atoms with E-state index in [0.717, 1.165) is 16.9 Å². The summed E-state index contributed by atoms with van der Waals surface area (Å²) in [6.07, 6.45) is 4.69. The van der Waals surface area contributed by atoms with Gasteiger partial charge in [-0.2, -0.15) is 5.10 Å². The van der Waals surface area contributed by atoms with E-state index in [4.69, 9.17) is 0 Å². The molecule has 0 spiro atoms. The van der Waals surface area contributed by atoms with Gasteiger partial charge in [0.05, 0.1) is 29.7 Å². The number of amides is 1. The number of anilines is 1. The van der Waals surface area contributed by atoms with Crippen LogP contribution in [0.25, 0.3) is 5.69 Å². The normalized spacial score (nSPS) is 18.2.